The number of hydrogen-bond acceptors (Lipinski definition) is 3. The van der Waals surface area contributed by atoms with Crippen LogP contribution >= 0.6 is 0 Å². The summed E-state index contributed by atoms with van der Waals surface area (Å²) >= 11 is 0. The maximum atomic E-state index is 4.67. The van der Waals surface area contributed by atoms with Gasteiger partial charge in [-0.15, -0.1) is 0 Å². The van der Waals surface area contributed by atoms with Crippen LogP contribution in [0.1, 0.15) is 64.0 Å². The Bertz CT molecular complexity index is 380. The molecule has 1 aromatic rings. The standard InChI is InChI=1S/C17H29N3/c1-4-18-14(2)15-11-12-17(19-13-15)20(3)16-9-7-5-6-8-10-16/h11-14,16,18H,4-10H2,1-3H3. The van der Waals surface area contributed by atoms with Gasteiger partial charge in [0.15, 0.2) is 0 Å². The van der Waals surface area contributed by atoms with Gasteiger partial charge in [-0.2, -0.15) is 0 Å². The molecule has 0 radical (unpaired) electrons. The number of nitrogens with zero attached hydrogens (tertiary/aromatic N) is 2. The molecule has 0 amide bonds. The fourth-order valence-electron chi connectivity index (χ4n) is 3.12. The predicted octanol–water partition coefficient (Wildman–Crippen LogP) is 3.91. The van der Waals surface area contributed by atoms with Crippen molar-refractivity contribution in [2.45, 2.75) is 64.5 Å². The average Bonchev–Trinajstić information content (AvgIpc) is 2.76. The molecule has 1 aliphatic rings. The van der Waals surface area contributed by atoms with Crippen molar-refractivity contribution >= 4 is 5.82 Å². The Morgan fingerprint density at radius 2 is 1.95 bits per heavy atom. The molecule has 0 aliphatic heterocycles. The maximum Gasteiger partial charge on any atom is 0.128 e. The summed E-state index contributed by atoms with van der Waals surface area (Å²) in [4.78, 5) is 7.06. The number of rotatable bonds is 5. The van der Waals surface area contributed by atoms with Crippen LogP contribution in [0.25, 0.3) is 0 Å². The smallest absolute Gasteiger partial charge is 0.128 e. The van der Waals surface area contributed by atoms with Gasteiger partial charge in [-0.05, 0) is 37.9 Å². The van der Waals surface area contributed by atoms with Gasteiger partial charge in [0.25, 0.3) is 0 Å². The van der Waals surface area contributed by atoms with E-state index in [1.807, 2.05) is 6.20 Å². The van der Waals surface area contributed by atoms with E-state index in [0.29, 0.717) is 12.1 Å². The third kappa shape index (κ3) is 3.95. The van der Waals surface area contributed by atoms with E-state index in [2.05, 4.69) is 48.2 Å². The van der Waals surface area contributed by atoms with Crippen LogP contribution in [0.5, 0.6) is 0 Å². The quantitative estimate of drug-likeness (QED) is 0.826. The lowest BCUT2D eigenvalue weighted by molar-refractivity contribution is 0.548. The van der Waals surface area contributed by atoms with Gasteiger partial charge in [0.1, 0.15) is 5.82 Å². The van der Waals surface area contributed by atoms with Crippen molar-refractivity contribution in [2.24, 2.45) is 0 Å². The number of anilines is 1. The van der Waals surface area contributed by atoms with Crippen LogP contribution in [0, 0.1) is 0 Å². The van der Waals surface area contributed by atoms with Crippen molar-refractivity contribution in [3.63, 3.8) is 0 Å². The molecule has 0 aromatic carbocycles. The largest absolute Gasteiger partial charge is 0.357 e. The summed E-state index contributed by atoms with van der Waals surface area (Å²) in [6.07, 6.45) is 10.2. The third-order valence-corrected chi connectivity index (χ3v) is 4.51. The summed E-state index contributed by atoms with van der Waals surface area (Å²) in [6.45, 7) is 5.32. The molecule has 0 bridgehead atoms. The zero-order valence-electron chi connectivity index (χ0n) is 13.2. The van der Waals surface area contributed by atoms with Crippen LogP contribution in [0.3, 0.4) is 0 Å². The highest BCUT2D eigenvalue weighted by atomic mass is 15.2. The van der Waals surface area contributed by atoms with Crippen LogP contribution in [0.2, 0.25) is 0 Å². The van der Waals surface area contributed by atoms with E-state index in [9.17, 15) is 0 Å². The number of hydrogen-bond donors (Lipinski definition) is 1. The molecular formula is C17H29N3. The fraction of sp³-hybridized carbons (Fsp3) is 0.706. The lowest BCUT2D eigenvalue weighted by Crippen LogP contribution is -2.31. The first kappa shape index (κ1) is 15.3. The summed E-state index contributed by atoms with van der Waals surface area (Å²) in [5.41, 5.74) is 1.27. The summed E-state index contributed by atoms with van der Waals surface area (Å²) < 4.78 is 0. The van der Waals surface area contributed by atoms with E-state index in [1.165, 1.54) is 44.1 Å². The zero-order chi connectivity index (χ0) is 14.4. The van der Waals surface area contributed by atoms with Gasteiger partial charge in [0.05, 0.1) is 0 Å². The van der Waals surface area contributed by atoms with Crippen LogP contribution in [0.15, 0.2) is 18.3 Å². The highest BCUT2D eigenvalue weighted by Crippen LogP contribution is 2.24. The monoisotopic (exact) mass is 275 g/mol. The number of pyridine rings is 1. The van der Waals surface area contributed by atoms with Gasteiger partial charge in [-0.3, -0.25) is 0 Å². The van der Waals surface area contributed by atoms with Crippen molar-refractivity contribution in [2.75, 3.05) is 18.5 Å². The third-order valence-electron chi connectivity index (χ3n) is 4.51. The second-order valence-electron chi connectivity index (χ2n) is 5.99. The van der Waals surface area contributed by atoms with E-state index in [0.717, 1.165) is 12.4 Å². The second kappa shape index (κ2) is 7.63. The highest BCUT2D eigenvalue weighted by molar-refractivity contribution is 5.40. The fourth-order valence-corrected chi connectivity index (χ4v) is 3.12. The van der Waals surface area contributed by atoms with Gasteiger partial charge in [-0.25, -0.2) is 4.98 Å². The summed E-state index contributed by atoms with van der Waals surface area (Å²) in [6, 6.07) is 5.43. The first-order chi connectivity index (χ1) is 9.72. The van der Waals surface area contributed by atoms with Crippen molar-refractivity contribution < 1.29 is 0 Å². The molecule has 0 saturated heterocycles. The molecule has 20 heavy (non-hydrogen) atoms. The minimum Gasteiger partial charge on any atom is -0.357 e. The summed E-state index contributed by atoms with van der Waals surface area (Å²) in [5.74, 6) is 1.12. The van der Waals surface area contributed by atoms with Gasteiger partial charge in [0, 0.05) is 25.3 Å². The van der Waals surface area contributed by atoms with Crippen LogP contribution in [0.4, 0.5) is 5.82 Å². The van der Waals surface area contributed by atoms with E-state index in [4.69, 9.17) is 0 Å². The Labute approximate surface area is 123 Å². The summed E-state index contributed by atoms with van der Waals surface area (Å²) in [7, 11) is 2.20. The normalized spacial score (nSPS) is 18.6. The molecule has 1 N–H and O–H groups in total. The molecule has 112 valence electrons. The van der Waals surface area contributed by atoms with Gasteiger partial charge in [-0.1, -0.05) is 38.7 Å². The first-order valence-corrected chi connectivity index (χ1v) is 8.14. The van der Waals surface area contributed by atoms with Crippen molar-refractivity contribution in [1.82, 2.24) is 10.3 Å². The van der Waals surface area contributed by atoms with E-state index in [1.54, 1.807) is 0 Å². The molecule has 1 unspecified atom stereocenters. The molecule has 1 aromatic heterocycles. The molecule has 0 spiro atoms. The Morgan fingerprint density at radius 3 is 2.50 bits per heavy atom. The van der Waals surface area contributed by atoms with Crippen LogP contribution in [-0.2, 0) is 0 Å². The van der Waals surface area contributed by atoms with Crippen molar-refractivity contribution in [3.8, 4) is 0 Å². The van der Waals surface area contributed by atoms with E-state index in [-0.39, 0.29) is 0 Å². The molecule has 3 nitrogen and oxygen atoms in total. The average molecular weight is 275 g/mol. The number of aromatic nitrogens is 1. The van der Waals surface area contributed by atoms with Crippen molar-refractivity contribution in [3.05, 3.63) is 23.9 Å². The second-order valence-corrected chi connectivity index (χ2v) is 5.99. The molecule has 3 heteroatoms. The molecule has 1 heterocycles. The Kier molecular flexibility index (Phi) is 5.84. The van der Waals surface area contributed by atoms with Gasteiger partial charge < -0.3 is 10.2 Å². The zero-order valence-corrected chi connectivity index (χ0v) is 13.2. The molecule has 2 rings (SSSR count). The SMILES string of the molecule is CCNC(C)c1ccc(N(C)C2CCCCCC2)nc1. The van der Waals surface area contributed by atoms with Crippen LogP contribution in [-0.4, -0.2) is 24.6 Å². The Morgan fingerprint density at radius 1 is 1.25 bits per heavy atom. The minimum absolute atomic E-state index is 0.379. The first-order valence-electron chi connectivity index (χ1n) is 8.14. The summed E-state index contributed by atoms with van der Waals surface area (Å²) in [5, 5.41) is 3.43. The Balaban J connectivity index is 2.00. The van der Waals surface area contributed by atoms with E-state index < -0.39 is 0 Å². The predicted molar refractivity (Wildman–Crippen MR) is 86.2 cm³/mol. The highest BCUT2D eigenvalue weighted by Gasteiger charge is 2.18. The lowest BCUT2D eigenvalue weighted by Gasteiger charge is -2.28. The molecule has 1 atom stereocenters. The van der Waals surface area contributed by atoms with Crippen molar-refractivity contribution in [1.29, 1.82) is 0 Å². The molecule has 1 fully saturated rings. The Hall–Kier alpha value is -1.09. The molecular weight excluding hydrogens is 246 g/mol. The van der Waals surface area contributed by atoms with Crippen LogP contribution < -0.4 is 10.2 Å². The number of nitrogens with one attached hydrogen (secondary N) is 1. The van der Waals surface area contributed by atoms with E-state index >= 15 is 0 Å². The lowest BCUT2D eigenvalue weighted by atomic mass is 10.1. The van der Waals surface area contributed by atoms with Gasteiger partial charge >= 0.3 is 0 Å². The molecule has 1 saturated carbocycles. The van der Waals surface area contributed by atoms with Gasteiger partial charge in [0.2, 0.25) is 0 Å². The minimum atomic E-state index is 0.379. The maximum absolute atomic E-state index is 4.67. The topological polar surface area (TPSA) is 28.2 Å². The molecule has 1 aliphatic carbocycles.